The first kappa shape index (κ1) is 13.1. The van der Waals surface area contributed by atoms with Crippen LogP contribution < -0.4 is 5.32 Å². The van der Waals surface area contributed by atoms with Crippen LogP contribution in [0, 0.1) is 6.92 Å². The van der Waals surface area contributed by atoms with Crippen molar-refractivity contribution in [2.24, 2.45) is 0 Å². The third-order valence-corrected chi connectivity index (χ3v) is 1.95. The second-order valence-corrected chi connectivity index (χ2v) is 3.41. The molecule has 1 aromatic rings. The van der Waals surface area contributed by atoms with Crippen LogP contribution in [0.4, 0.5) is 0 Å². The minimum atomic E-state index is -0.349. The van der Waals surface area contributed by atoms with Crippen molar-refractivity contribution in [2.75, 3.05) is 13.2 Å². The van der Waals surface area contributed by atoms with E-state index in [9.17, 15) is 9.59 Å². The van der Waals surface area contributed by atoms with Crippen LogP contribution in [0.3, 0.4) is 0 Å². The van der Waals surface area contributed by atoms with Gasteiger partial charge in [-0.3, -0.25) is 14.7 Å². The third kappa shape index (κ3) is 4.62. The second-order valence-electron chi connectivity index (χ2n) is 3.41. The Kier molecular flexibility index (Phi) is 5.12. The lowest BCUT2D eigenvalue weighted by atomic mass is 10.3. The van der Waals surface area contributed by atoms with Gasteiger partial charge in [-0.05, 0) is 20.3 Å². The van der Waals surface area contributed by atoms with Gasteiger partial charge in [0, 0.05) is 13.0 Å². The van der Waals surface area contributed by atoms with Gasteiger partial charge in [0.05, 0.1) is 6.61 Å². The van der Waals surface area contributed by atoms with Crippen molar-refractivity contribution in [3.05, 3.63) is 11.6 Å². The molecule has 0 aromatic carbocycles. The van der Waals surface area contributed by atoms with Crippen LogP contribution in [-0.2, 0) is 9.53 Å². The second kappa shape index (κ2) is 6.62. The zero-order valence-electron chi connectivity index (χ0n) is 9.95. The summed E-state index contributed by atoms with van der Waals surface area (Å²) in [7, 11) is 0. The molecule has 0 aliphatic rings. The number of rotatable bonds is 6. The molecule has 0 fully saturated rings. The van der Waals surface area contributed by atoms with E-state index in [0.29, 0.717) is 31.8 Å². The summed E-state index contributed by atoms with van der Waals surface area (Å²) < 4.78 is 4.76. The number of nitrogens with zero attached hydrogens (tertiary/aromatic N) is 2. The molecule has 0 saturated heterocycles. The third-order valence-electron chi connectivity index (χ3n) is 1.95. The highest BCUT2D eigenvalue weighted by Gasteiger charge is 2.10. The highest BCUT2D eigenvalue weighted by Crippen LogP contribution is 1.93. The van der Waals surface area contributed by atoms with Gasteiger partial charge in [-0.1, -0.05) is 0 Å². The molecular formula is C10H16N4O3. The number of amides is 1. The lowest BCUT2D eigenvalue weighted by Crippen LogP contribution is -2.26. The molecule has 7 heteroatoms. The smallest absolute Gasteiger partial charge is 0.305 e. The molecule has 7 nitrogen and oxygen atoms in total. The first-order valence-corrected chi connectivity index (χ1v) is 5.46. The summed E-state index contributed by atoms with van der Waals surface area (Å²) in [6.45, 7) is 4.24. The van der Waals surface area contributed by atoms with Crippen molar-refractivity contribution in [1.82, 2.24) is 20.5 Å². The van der Waals surface area contributed by atoms with E-state index in [1.807, 2.05) is 0 Å². The number of carbonyl (C=O) groups excluding carboxylic acids is 2. The number of hydrogen-bond acceptors (Lipinski definition) is 5. The van der Waals surface area contributed by atoms with Crippen LogP contribution >= 0.6 is 0 Å². The van der Waals surface area contributed by atoms with E-state index in [4.69, 9.17) is 4.74 Å². The van der Waals surface area contributed by atoms with Crippen LogP contribution in [0.5, 0.6) is 0 Å². The summed E-state index contributed by atoms with van der Waals surface area (Å²) in [5, 5.41) is 8.92. The monoisotopic (exact) mass is 240 g/mol. The predicted octanol–water partition coefficient (Wildman–Crippen LogP) is 0.186. The van der Waals surface area contributed by atoms with Crippen LogP contribution in [-0.4, -0.2) is 40.2 Å². The highest BCUT2D eigenvalue weighted by molar-refractivity contribution is 5.90. The van der Waals surface area contributed by atoms with E-state index in [1.165, 1.54) is 0 Å². The normalized spacial score (nSPS) is 10.0. The van der Waals surface area contributed by atoms with Gasteiger partial charge in [0.25, 0.3) is 5.91 Å². The number of H-pyrrole nitrogens is 1. The van der Waals surface area contributed by atoms with Crippen LogP contribution in [0.15, 0.2) is 0 Å². The van der Waals surface area contributed by atoms with Gasteiger partial charge in [0.15, 0.2) is 0 Å². The van der Waals surface area contributed by atoms with Crippen molar-refractivity contribution < 1.29 is 14.3 Å². The van der Waals surface area contributed by atoms with E-state index in [2.05, 4.69) is 20.5 Å². The fourth-order valence-corrected chi connectivity index (χ4v) is 1.19. The lowest BCUT2D eigenvalue weighted by Gasteiger charge is -2.02. The Hall–Kier alpha value is -1.92. The summed E-state index contributed by atoms with van der Waals surface area (Å²) in [6, 6.07) is 0. The number of aryl methyl sites for hydroxylation is 1. The molecular weight excluding hydrogens is 224 g/mol. The number of carbonyl (C=O) groups is 2. The van der Waals surface area contributed by atoms with Crippen LogP contribution in [0.2, 0.25) is 0 Å². The molecule has 1 aromatic heterocycles. The topological polar surface area (TPSA) is 97.0 Å². The largest absolute Gasteiger partial charge is 0.466 e. The van der Waals surface area contributed by atoms with Gasteiger partial charge in [-0.15, -0.1) is 5.10 Å². The molecule has 0 aliphatic carbocycles. The molecule has 0 spiro atoms. The van der Waals surface area contributed by atoms with E-state index in [-0.39, 0.29) is 17.7 Å². The van der Waals surface area contributed by atoms with Crippen molar-refractivity contribution in [3.8, 4) is 0 Å². The SMILES string of the molecule is CCOC(=O)CCCNC(=O)c1n[nH]c(C)n1. The zero-order chi connectivity index (χ0) is 12.7. The van der Waals surface area contributed by atoms with Gasteiger partial charge in [0.2, 0.25) is 5.82 Å². The van der Waals surface area contributed by atoms with Crippen LogP contribution in [0.1, 0.15) is 36.2 Å². The van der Waals surface area contributed by atoms with Crippen molar-refractivity contribution in [2.45, 2.75) is 26.7 Å². The van der Waals surface area contributed by atoms with Crippen molar-refractivity contribution >= 4 is 11.9 Å². The Balaban J connectivity index is 2.19. The van der Waals surface area contributed by atoms with Gasteiger partial charge < -0.3 is 10.1 Å². The molecule has 1 rings (SSSR count). The summed E-state index contributed by atoms with van der Waals surface area (Å²) in [4.78, 5) is 26.3. The fourth-order valence-electron chi connectivity index (χ4n) is 1.19. The fraction of sp³-hybridized carbons (Fsp3) is 0.600. The molecule has 0 aliphatic heterocycles. The highest BCUT2D eigenvalue weighted by atomic mass is 16.5. The molecule has 1 amide bonds. The maximum absolute atomic E-state index is 11.5. The summed E-state index contributed by atoms with van der Waals surface area (Å²) in [5.41, 5.74) is 0. The Morgan fingerprint density at radius 3 is 2.82 bits per heavy atom. The molecule has 0 unspecified atom stereocenters. The first-order valence-electron chi connectivity index (χ1n) is 5.46. The number of aromatic nitrogens is 3. The first-order chi connectivity index (χ1) is 8.13. The van der Waals surface area contributed by atoms with Gasteiger partial charge >= 0.3 is 5.97 Å². The molecule has 94 valence electrons. The summed E-state index contributed by atoms with van der Waals surface area (Å²) in [5.74, 6) is 0.0917. The molecule has 2 N–H and O–H groups in total. The molecule has 0 bridgehead atoms. The summed E-state index contributed by atoms with van der Waals surface area (Å²) in [6.07, 6.45) is 0.828. The molecule has 17 heavy (non-hydrogen) atoms. The minimum absolute atomic E-state index is 0.110. The standard InChI is InChI=1S/C10H16N4O3/c1-3-17-8(15)5-4-6-11-10(16)9-12-7(2)13-14-9/h3-6H2,1-2H3,(H,11,16)(H,12,13,14). The summed E-state index contributed by atoms with van der Waals surface area (Å²) >= 11 is 0. The maximum Gasteiger partial charge on any atom is 0.305 e. The van der Waals surface area contributed by atoms with E-state index in [0.717, 1.165) is 0 Å². The zero-order valence-corrected chi connectivity index (χ0v) is 9.95. The van der Waals surface area contributed by atoms with Gasteiger partial charge in [-0.25, -0.2) is 4.98 Å². The number of ether oxygens (including phenoxy) is 1. The lowest BCUT2D eigenvalue weighted by molar-refractivity contribution is -0.143. The Morgan fingerprint density at radius 1 is 1.47 bits per heavy atom. The molecule has 0 atom stereocenters. The quantitative estimate of drug-likeness (QED) is 0.546. The van der Waals surface area contributed by atoms with E-state index in [1.54, 1.807) is 13.8 Å². The Labute approximate surface area is 99.0 Å². The van der Waals surface area contributed by atoms with Crippen molar-refractivity contribution in [1.29, 1.82) is 0 Å². The van der Waals surface area contributed by atoms with E-state index < -0.39 is 0 Å². The van der Waals surface area contributed by atoms with Crippen molar-refractivity contribution in [3.63, 3.8) is 0 Å². The molecule has 0 saturated carbocycles. The van der Waals surface area contributed by atoms with Crippen LogP contribution in [0.25, 0.3) is 0 Å². The van der Waals surface area contributed by atoms with Gasteiger partial charge in [-0.2, -0.15) is 0 Å². The van der Waals surface area contributed by atoms with E-state index >= 15 is 0 Å². The Bertz CT molecular complexity index is 389. The Morgan fingerprint density at radius 2 is 2.24 bits per heavy atom. The number of aromatic amines is 1. The maximum atomic E-state index is 11.5. The molecule has 0 radical (unpaired) electrons. The number of esters is 1. The average Bonchev–Trinajstić information content (AvgIpc) is 2.71. The van der Waals surface area contributed by atoms with Gasteiger partial charge in [0.1, 0.15) is 5.82 Å². The number of nitrogens with one attached hydrogen (secondary N) is 2. The minimum Gasteiger partial charge on any atom is -0.466 e. The number of hydrogen-bond donors (Lipinski definition) is 2. The average molecular weight is 240 g/mol. The predicted molar refractivity (Wildman–Crippen MR) is 59.3 cm³/mol. The molecule has 1 heterocycles.